The third-order valence-corrected chi connectivity index (χ3v) is 4.29. The summed E-state index contributed by atoms with van der Waals surface area (Å²) in [5, 5.41) is 17.9. The Labute approximate surface area is 119 Å². The molecule has 1 fully saturated rings. The number of hydrogen-bond acceptors (Lipinski definition) is 4. The molecular weight excluding hydrogens is 254 g/mol. The highest BCUT2D eigenvalue weighted by molar-refractivity contribution is 5.44. The highest BCUT2D eigenvalue weighted by atomic mass is 16.6. The SMILES string of the molecule is Cc1c(CNC2CCNCC2(C)C)cccc1[N+](=O)[O-]. The molecule has 110 valence electrons. The van der Waals surface area contributed by atoms with Crippen LogP contribution in [0.4, 0.5) is 5.69 Å². The molecule has 1 unspecified atom stereocenters. The molecule has 1 heterocycles. The van der Waals surface area contributed by atoms with Crippen molar-refractivity contribution >= 4 is 5.69 Å². The van der Waals surface area contributed by atoms with Crippen LogP contribution in [-0.2, 0) is 6.54 Å². The van der Waals surface area contributed by atoms with Gasteiger partial charge in [0.05, 0.1) is 4.92 Å². The summed E-state index contributed by atoms with van der Waals surface area (Å²) >= 11 is 0. The summed E-state index contributed by atoms with van der Waals surface area (Å²) in [6.45, 7) is 9.02. The van der Waals surface area contributed by atoms with Gasteiger partial charge < -0.3 is 10.6 Å². The molecular formula is C15H23N3O2. The molecule has 0 bridgehead atoms. The molecule has 0 saturated carbocycles. The summed E-state index contributed by atoms with van der Waals surface area (Å²) in [6, 6.07) is 5.72. The molecule has 0 radical (unpaired) electrons. The predicted octanol–water partition coefficient (Wildman–Crippen LogP) is 2.38. The van der Waals surface area contributed by atoms with Crippen molar-refractivity contribution < 1.29 is 4.92 Å². The lowest BCUT2D eigenvalue weighted by atomic mass is 9.80. The van der Waals surface area contributed by atoms with E-state index in [1.165, 1.54) is 0 Å². The first-order chi connectivity index (χ1) is 9.42. The van der Waals surface area contributed by atoms with Crippen molar-refractivity contribution in [1.82, 2.24) is 10.6 Å². The van der Waals surface area contributed by atoms with Crippen LogP contribution in [0.1, 0.15) is 31.4 Å². The van der Waals surface area contributed by atoms with Gasteiger partial charge in [0.2, 0.25) is 0 Å². The van der Waals surface area contributed by atoms with E-state index in [0.29, 0.717) is 12.6 Å². The molecule has 0 spiro atoms. The molecule has 0 amide bonds. The van der Waals surface area contributed by atoms with Crippen LogP contribution >= 0.6 is 0 Å². The molecule has 1 aliphatic heterocycles. The number of rotatable bonds is 4. The highest BCUT2D eigenvalue weighted by Crippen LogP contribution is 2.26. The molecule has 5 nitrogen and oxygen atoms in total. The Morgan fingerprint density at radius 1 is 1.50 bits per heavy atom. The maximum Gasteiger partial charge on any atom is 0.272 e. The zero-order valence-corrected chi connectivity index (χ0v) is 12.4. The maximum absolute atomic E-state index is 11.0. The quantitative estimate of drug-likeness (QED) is 0.655. The molecule has 20 heavy (non-hydrogen) atoms. The van der Waals surface area contributed by atoms with Gasteiger partial charge >= 0.3 is 0 Å². The number of piperidine rings is 1. The fraction of sp³-hybridized carbons (Fsp3) is 0.600. The van der Waals surface area contributed by atoms with E-state index in [1.807, 2.05) is 13.0 Å². The van der Waals surface area contributed by atoms with Crippen molar-refractivity contribution in [3.05, 3.63) is 39.4 Å². The van der Waals surface area contributed by atoms with Crippen molar-refractivity contribution in [2.24, 2.45) is 5.41 Å². The standard InChI is InChI=1S/C15H23N3O2/c1-11-12(5-4-6-13(11)18(19)20)9-17-14-7-8-16-10-15(14,2)3/h4-6,14,16-17H,7-10H2,1-3H3. The molecule has 0 aliphatic carbocycles. The van der Waals surface area contributed by atoms with Gasteiger partial charge in [0.25, 0.3) is 5.69 Å². The van der Waals surface area contributed by atoms with Gasteiger partial charge in [-0.05, 0) is 30.9 Å². The second-order valence-electron chi connectivity index (χ2n) is 6.21. The van der Waals surface area contributed by atoms with Crippen LogP contribution in [0.15, 0.2) is 18.2 Å². The minimum atomic E-state index is -0.312. The number of nitrogens with zero attached hydrogens (tertiary/aromatic N) is 1. The van der Waals surface area contributed by atoms with Crippen LogP contribution in [0, 0.1) is 22.5 Å². The Morgan fingerprint density at radius 3 is 2.90 bits per heavy atom. The normalized spacial score (nSPS) is 21.6. The van der Waals surface area contributed by atoms with E-state index in [4.69, 9.17) is 0 Å². The molecule has 0 aromatic heterocycles. The van der Waals surface area contributed by atoms with Crippen molar-refractivity contribution in [3.8, 4) is 0 Å². The van der Waals surface area contributed by atoms with Crippen LogP contribution in [-0.4, -0.2) is 24.1 Å². The van der Waals surface area contributed by atoms with E-state index in [1.54, 1.807) is 12.1 Å². The van der Waals surface area contributed by atoms with Crippen LogP contribution in [0.25, 0.3) is 0 Å². The van der Waals surface area contributed by atoms with E-state index in [9.17, 15) is 10.1 Å². The van der Waals surface area contributed by atoms with Gasteiger partial charge in [0, 0.05) is 30.8 Å². The number of benzene rings is 1. The molecule has 5 heteroatoms. The maximum atomic E-state index is 11.0. The van der Waals surface area contributed by atoms with Crippen molar-refractivity contribution in [2.75, 3.05) is 13.1 Å². The summed E-state index contributed by atoms with van der Waals surface area (Å²) in [5.74, 6) is 0. The van der Waals surface area contributed by atoms with Crippen molar-refractivity contribution in [3.63, 3.8) is 0 Å². The first kappa shape index (κ1) is 14.9. The molecule has 1 saturated heterocycles. The first-order valence-electron chi connectivity index (χ1n) is 7.09. The zero-order valence-electron chi connectivity index (χ0n) is 12.4. The van der Waals surface area contributed by atoms with E-state index in [-0.39, 0.29) is 16.0 Å². The average molecular weight is 277 g/mol. The summed E-state index contributed by atoms with van der Waals surface area (Å²) in [5.41, 5.74) is 2.17. The summed E-state index contributed by atoms with van der Waals surface area (Å²) in [7, 11) is 0. The third kappa shape index (κ3) is 3.16. The van der Waals surface area contributed by atoms with E-state index < -0.39 is 0 Å². The molecule has 2 rings (SSSR count). The Bertz CT molecular complexity index is 500. The van der Waals surface area contributed by atoms with Gasteiger partial charge in [-0.3, -0.25) is 10.1 Å². The van der Waals surface area contributed by atoms with Crippen LogP contribution in [0.2, 0.25) is 0 Å². The number of hydrogen-bond donors (Lipinski definition) is 2. The lowest BCUT2D eigenvalue weighted by Gasteiger charge is -2.39. The lowest BCUT2D eigenvalue weighted by Crippen LogP contribution is -2.52. The molecule has 1 atom stereocenters. The van der Waals surface area contributed by atoms with Crippen LogP contribution < -0.4 is 10.6 Å². The Balaban J connectivity index is 2.07. The Kier molecular flexibility index (Phi) is 4.40. The number of nitrogens with one attached hydrogen (secondary N) is 2. The third-order valence-electron chi connectivity index (χ3n) is 4.29. The summed E-state index contributed by atoms with van der Waals surface area (Å²) in [6.07, 6.45) is 1.08. The molecule has 1 aromatic carbocycles. The summed E-state index contributed by atoms with van der Waals surface area (Å²) in [4.78, 5) is 10.6. The lowest BCUT2D eigenvalue weighted by molar-refractivity contribution is -0.385. The van der Waals surface area contributed by atoms with Crippen LogP contribution in [0.5, 0.6) is 0 Å². The molecule has 1 aromatic rings. The highest BCUT2D eigenvalue weighted by Gasteiger charge is 2.31. The van der Waals surface area contributed by atoms with Gasteiger partial charge in [-0.25, -0.2) is 0 Å². The average Bonchev–Trinajstić information content (AvgIpc) is 2.38. The second kappa shape index (κ2) is 5.89. The van der Waals surface area contributed by atoms with Gasteiger partial charge in [-0.1, -0.05) is 26.0 Å². The predicted molar refractivity (Wildman–Crippen MR) is 79.7 cm³/mol. The minimum absolute atomic E-state index is 0.201. The topological polar surface area (TPSA) is 67.2 Å². The Morgan fingerprint density at radius 2 is 2.25 bits per heavy atom. The molecule has 1 aliphatic rings. The smallest absolute Gasteiger partial charge is 0.272 e. The zero-order chi connectivity index (χ0) is 14.8. The largest absolute Gasteiger partial charge is 0.316 e. The first-order valence-corrected chi connectivity index (χ1v) is 7.09. The molecule has 2 N–H and O–H groups in total. The van der Waals surface area contributed by atoms with E-state index in [2.05, 4.69) is 24.5 Å². The number of nitro benzene ring substituents is 1. The van der Waals surface area contributed by atoms with Gasteiger partial charge in [-0.2, -0.15) is 0 Å². The van der Waals surface area contributed by atoms with Crippen molar-refractivity contribution in [1.29, 1.82) is 0 Å². The van der Waals surface area contributed by atoms with E-state index in [0.717, 1.165) is 30.6 Å². The van der Waals surface area contributed by atoms with Crippen LogP contribution in [0.3, 0.4) is 0 Å². The van der Waals surface area contributed by atoms with Gasteiger partial charge in [0.1, 0.15) is 0 Å². The minimum Gasteiger partial charge on any atom is -0.316 e. The van der Waals surface area contributed by atoms with Gasteiger partial charge in [0.15, 0.2) is 0 Å². The summed E-state index contributed by atoms with van der Waals surface area (Å²) < 4.78 is 0. The Hall–Kier alpha value is -1.46. The van der Waals surface area contributed by atoms with Gasteiger partial charge in [-0.15, -0.1) is 0 Å². The van der Waals surface area contributed by atoms with Crippen molar-refractivity contribution in [2.45, 2.75) is 39.8 Å². The van der Waals surface area contributed by atoms with E-state index >= 15 is 0 Å². The number of nitro groups is 1. The second-order valence-corrected chi connectivity index (χ2v) is 6.21. The fourth-order valence-corrected chi connectivity index (χ4v) is 2.84. The monoisotopic (exact) mass is 277 g/mol. The fourth-order valence-electron chi connectivity index (χ4n) is 2.84.